The predicted molar refractivity (Wildman–Crippen MR) is 72.3 cm³/mol. The van der Waals surface area contributed by atoms with E-state index in [1.54, 1.807) is 24.3 Å². The van der Waals surface area contributed by atoms with Gasteiger partial charge in [-0.2, -0.15) is 0 Å². The van der Waals surface area contributed by atoms with Crippen LogP contribution in [0.15, 0.2) is 42.5 Å². The second-order valence-electron chi connectivity index (χ2n) is 4.07. The van der Waals surface area contributed by atoms with Gasteiger partial charge in [-0.3, -0.25) is 0 Å². The van der Waals surface area contributed by atoms with E-state index in [2.05, 4.69) is 5.32 Å². The third-order valence-corrected chi connectivity index (χ3v) is 2.63. The normalized spacial score (nSPS) is 10.1. The molecule has 0 spiro atoms. The zero-order valence-electron chi connectivity index (χ0n) is 9.97. The monoisotopic (exact) mass is 242 g/mol. The lowest BCUT2D eigenvalue weighted by Gasteiger charge is -2.12. The Hall–Kier alpha value is -2.49. The highest BCUT2D eigenvalue weighted by Crippen LogP contribution is 2.26. The molecule has 0 atom stereocenters. The van der Waals surface area contributed by atoms with Gasteiger partial charge in [0, 0.05) is 0 Å². The van der Waals surface area contributed by atoms with Crippen molar-refractivity contribution in [3.63, 3.8) is 0 Å². The number of para-hydroxylation sites is 1. The summed E-state index contributed by atoms with van der Waals surface area (Å²) in [4.78, 5) is 11.1. The molecule has 4 nitrogen and oxygen atoms in total. The summed E-state index contributed by atoms with van der Waals surface area (Å²) in [5.41, 5.74) is 8.99. The molecule has 0 bridgehead atoms. The van der Waals surface area contributed by atoms with Crippen LogP contribution in [0, 0.1) is 6.92 Å². The number of hydrogen-bond donors (Lipinski definition) is 3. The van der Waals surface area contributed by atoms with Crippen molar-refractivity contribution in [2.45, 2.75) is 6.92 Å². The lowest BCUT2D eigenvalue weighted by Crippen LogP contribution is -2.03. The van der Waals surface area contributed by atoms with Gasteiger partial charge in [-0.15, -0.1) is 0 Å². The molecule has 2 aromatic rings. The number of nitrogen functional groups attached to an aromatic ring is 1. The van der Waals surface area contributed by atoms with E-state index in [4.69, 9.17) is 10.8 Å². The van der Waals surface area contributed by atoms with Crippen molar-refractivity contribution in [1.82, 2.24) is 0 Å². The summed E-state index contributed by atoms with van der Waals surface area (Å²) in [6.07, 6.45) is 0. The summed E-state index contributed by atoms with van der Waals surface area (Å²) < 4.78 is 0. The minimum Gasteiger partial charge on any atom is -0.478 e. The minimum absolute atomic E-state index is 0.220. The summed E-state index contributed by atoms with van der Waals surface area (Å²) in [5.74, 6) is -0.969. The van der Waals surface area contributed by atoms with Crippen molar-refractivity contribution in [3.05, 3.63) is 53.6 Å². The van der Waals surface area contributed by atoms with E-state index in [-0.39, 0.29) is 5.56 Å². The zero-order valence-corrected chi connectivity index (χ0v) is 9.97. The standard InChI is InChI=1S/C14H14N2O2/c1-9-6-7-13(11(15)8-9)16-12-5-3-2-4-10(12)14(17)18/h2-8,16H,15H2,1H3,(H,17,18). The number of aromatic carboxylic acids is 1. The van der Waals surface area contributed by atoms with Crippen molar-refractivity contribution >= 4 is 23.0 Å². The average molecular weight is 242 g/mol. The number of nitrogens with two attached hydrogens (primary N) is 1. The largest absolute Gasteiger partial charge is 0.478 e. The van der Waals surface area contributed by atoms with Gasteiger partial charge in [0.1, 0.15) is 0 Å². The summed E-state index contributed by atoms with van der Waals surface area (Å²) in [5, 5.41) is 12.1. The molecular weight excluding hydrogens is 228 g/mol. The van der Waals surface area contributed by atoms with Gasteiger partial charge in [-0.05, 0) is 36.8 Å². The second-order valence-corrected chi connectivity index (χ2v) is 4.07. The highest BCUT2D eigenvalue weighted by Gasteiger charge is 2.09. The van der Waals surface area contributed by atoms with Gasteiger partial charge in [0.25, 0.3) is 0 Å². The van der Waals surface area contributed by atoms with Crippen LogP contribution in [0.25, 0.3) is 0 Å². The second kappa shape index (κ2) is 4.79. The molecule has 0 saturated carbocycles. The quantitative estimate of drug-likeness (QED) is 0.723. The number of hydrogen-bond acceptors (Lipinski definition) is 3. The molecule has 2 rings (SSSR count). The van der Waals surface area contributed by atoms with Crippen LogP contribution in [0.1, 0.15) is 15.9 Å². The Morgan fingerprint density at radius 2 is 1.89 bits per heavy atom. The number of nitrogens with one attached hydrogen (secondary N) is 1. The molecule has 18 heavy (non-hydrogen) atoms. The van der Waals surface area contributed by atoms with Crippen molar-refractivity contribution in [1.29, 1.82) is 0 Å². The van der Waals surface area contributed by atoms with Gasteiger partial charge in [-0.1, -0.05) is 18.2 Å². The Kier molecular flexibility index (Phi) is 3.19. The molecule has 0 aromatic heterocycles. The number of rotatable bonds is 3. The van der Waals surface area contributed by atoms with Gasteiger partial charge in [0.05, 0.1) is 22.6 Å². The van der Waals surface area contributed by atoms with E-state index in [0.717, 1.165) is 5.56 Å². The maximum Gasteiger partial charge on any atom is 0.337 e. The Morgan fingerprint density at radius 3 is 2.56 bits per heavy atom. The first-order chi connectivity index (χ1) is 8.58. The summed E-state index contributed by atoms with van der Waals surface area (Å²) in [7, 11) is 0. The Bertz CT molecular complexity index is 594. The van der Waals surface area contributed by atoms with E-state index in [0.29, 0.717) is 17.1 Å². The van der Waals surface area contributed by atoms with Crippen LogP contribution >= 0.6 is 0 Å². The van der Waals surface area contributed by atoms with E-state index >= 15 is 0 Å². The number of carbonyl (C=O) groups is 1. The molecule has 0 aliphatic heterocycles. The number of carboxylic acid groups (broad SMARTS) is 1. The highest BCUT2D eigenvalue weighted by atomic mass is 16.4. The molecule has 2 aromatic carbocycles. The molecule has 92 valence electrons. The molecule has 0 radical (unpaired) electrons. The number of carboxylic acids is 1. The van der Waals surface area contributed by atoms with Gasteiger partial charge in [0.15, 0.2) is 0 Å². The molecule has 4 heteroatoms. The average Bonchev–Trinajstić information content (AvgIpc) is 2.33. The van der Waals surface area contributed by atoms with Crippen LogP contribution in [0.4, 0.5) is 17.1 Å². The third kappa shape index (κ3) is 2.43. The Labute approximate surface area is 105 Å². The SMILES string of the molecule is Cc1ccc(Nc2ccccc2C(=O)O)c(N)c1. The topological polar surface area (TPSA) is 75.3 Å². The van der Waals surface area contributed by atoms with Crippen LogP contribution < -0.4 is 11.1 Å². The summed E-state index contributed by atoms with van der Waals surface area (Å²) in [6.45, 7) is 1.95. The maximum absolute atomic E-state index is 11.1. The summed E-state index contributed by atoms with van der Waals surface area (Å²) >= 11 is 0. The fraction of sp³-hybridized carbons (Fsp3) is 0.0714. The fourth-order valence-corrected chi connectivity index (χ4v) is 1.72. The lowest BCUT2D eigenvalue weighted by molar-refractivity contribution is 0.0698. The maximum atomic E-state index is 11.1. The molecule has 0 saturated heterocycles. The molecule has 4 N–H and O–H groups in total. The molecule has 0 aliphatic carbocycles. The first kappa shape index (κ1) is 12.0. The Morgan fingerprint density at radius 1 is 1.17 bits per heavy atom. The van der Waals surface area contributed by atoms with E-state index < -0.39 is 5.97 Å². The van der Waals surface area contributed by atoms with Crippen LogP contribution in [0.3, 0.4) is 0 Å². The first-order valence-electron chi connectivity index (χ1n) is 5.53. The van der Waals surface area contributed by atoms with Crippen LogP contribution in [-0.2, 0) is 0 Å². The number of anilines is 3. The number of aryl methyl sites for hydroxylation is 1. The highest BCUT2D eigenvalue weighted by molar-refractivity contribution is 5.95. The summed E-state index contributed by atoms with van der Waals surface area (Å²) in [6, 6.07) is 12.3. The minimum atomic E-state index is -0.969. The van der Waals surface area contributed by atoms with E-state index in [1.807, 2.05) is 25.1 Å². The van der Waals surface area contributed by atoms with Crippen LogP contribution in [-0.4, -0.2) is 11.1 Å². The van der Waals surface area contributed by atoms with Gasteiger partial charge in [0.2, 0.25) is 0 Å². The predicted octanol–water partition coefficient (Wildman–Crippen LogP) is 3.02. The lowest BCUT2D eigenvalue weighted by atomic mass is 10.1. The molecule has 0 aliphatic rings. The molecule has 0 amide bonds. The molecule has 0 heterocycles. The molecular formula is C14H14N2O2. The fourth-order valence-electron chi connectivity index (χ4n) is 1.72. The Balaban J connectivity index is 2.37. The van der Waals surface area contributed by atoms with Crippen molar-refractivity contribution in [2.24, 2.45) is 0 Å². The van der Waals surface area contributed by atoms with Gasteiger partial charge < -0.3 is 16.2 Å². The molecule has 0 fully saturated rings. The molecule has 0 unspecified atom stereocenters. The number of benzene rings is 2. The van der Waals surface area contributed by atoms with Crippen molar-refractivity contribution < 1.29 is 9.90 Å². The van der Waals surface area contributed by atoms with E-state index in [9.17, 15) is 4.79 Å². The zero-order chi connectivity index (χ0) is 13.1. The van der Waals surface area contributed by atoms with E-state index in [1.165, 1.54) is 0 Å². The van der Waals surface area contributed by atoms with Gasteiger partial charge in [-0.25, -0.2) is 4.79 Å². The van der Waals surface area contributed by atoms with Crippen LogP contribution in [0.5, 0.6) is 0 Å². The van der Waals surface area contributed by atoms with Crippen molar-refractivity contribution in [3.8, 4) is 0 Å². The van der Waals surface area contributed by atoms with Crippen LogP contribution in [0.2, 0.25) is 0 Å². The van der Waals surface area contributed by atoms with Crippen molar-refractivity contribution in [2.75, 3.05) is 11.1 Å². The third-order valence-electron chi connectivity index (χ3n) is 2.63. The first-order valence-corrected chi connectivity index (χ1v) is 5.53. The smallest absolute Gasteiger partial charge is 0.337 e. The van der Waals surface area contributed by atoms with Gasteiger partial charge >= 0.3 is 5.97 Å².